The van der Waals surface area contributed by atoms with Crippen molar-refractivity contribution in [1.29, 1.82) is 0 Å². The molecule has 3 rings (SSSR count). The van der Waals surface area contributed by atoms with Gasteiger partial charge < -0.3 is 9.47 Å². The number of ether oxygens (including phenoxy) is 2. The van der Waals surface area contributed by atoms with E-state index in [4.69, 9.17) is 9.47 Å². The summed E-state index contributed by atoms with van der Waals surface area (Å²) >= 11 is 0. The van der Waals surface area contributed by atoms with Crippen molar-refractivity contribution in [3.05, 3.63) is 59.9 Å². The summed E-state index contributed by atoms with van der Waals surface area (Å²) in [5.41, 5.74) is 0.756. The van der Waals surface area contributed by atoms with Crippen LogP contribution in [0.15, 0.2) is 53.4 Å². The monoisotopic (exact) mass is 379 g/mol. The van der Waals surface area contributed by atoms with Gasteiger partial charge in [-0.1, -0.05) is 12.1 Å². The fourth-order valence-corrected chi connectivity index (χ4v) is 4.26. The molecule has 2 aromatic rings. The molecule has 0 amide bonds. The van der Waals surface area contributed by atoms with Crippen LogP contribution in [-0.2, 0) is 14.8 Å². The van der Waals surface area contributed by atoms with E-state index in [0.29, 0.717) is 5.75 Å². The Hall–Kier alpha value is -1.96. The average molecular weight is 379 g/mol. The van der Waals surface area contributed by atoms with Gasteiger partial charge in [-0.2, -0.15) is 4.31 Å². The maximum Gasteiger partial charge on any atom is 0.243 e. The quantitative estimate of drug-likeness (QED) is 0.799. The second-order valence-corrected chi connectivity index (χ2v) is 8.35. The third-order valence-electron chi connectivity index (χ3n) is 4.10. The third-order valence-corrected chi connectivity index (χ3v) is 5.98. The molecule has 7 heteroatoms. The van der Waals surface area contributed by atoms with Crippen LogP contribution in [0.4, 0.5) is 4.39 Å². The molecule has 1 atom stereocenters. The summed E-state index contributed by atoms with van der Waals surface area (Å²) in [6.45, 7) is 4.58. The Morgan fingerprint density at radius 1 is 1.12 bits per heavy atom. The van der Waals surface area contributed by atoms with Gasteiger partial charge in [-0.25, -0.2) is 12.8 Å². The number of morpholine rings is 1. The van der Waals surface area contributed by atoms with E-state index in [1.165, 1.54) is 16.4 Å². The number of sulfonamides is 1. The zero-order valence-corrected chi connectivity index (χ0v) is 15.6. The average Bonchev–Trinajstić information content (AvgIpc) is 2.62. The SMILES string of the molecule is CC(C)Oc1ccc(S(=O)(=O)N2CCOC(c3ccc(F)cc3)C2)cc1. The predicted molar refractivity (Wildman–Crippen MR) is 96.1 cm³/mol. The van der Waals surface area contributed by atoms with E-state index in [9.17, 15) is 12.8 Å². The summed E-state index contributed by atoms with van der Waals surface area (Å²) in [5, 5.41) is 0. The zero-order valence-electron chi connectivity index (χ0n) is 14.8. The van der Waals surface area contributed by atoms with Crippen molar-refractivity contribution >= 4 is 10.0 Å². The summed E-state index contributed by atoms with van der Waals surface area (Å²) in [5.74, 6) is 0.294. The summed E-state index contributed by atoms with van der Waals surface area (Å²) in [4.78, 5) is 0.216. The van der Waals surface area contributed by atoms with Crippen molar-refractivity contribution in [1.82, 2.24) is 4.31 Å². The zero-order chi connectivity index (χ0) is 18.7. The number of halogens is 1. The molecule has 1 aliphatic heterocycles. The predicted octanol–water partition coefficient (Wildman–Crippen LogP) is 3.38. The standard InChI is InChI=1S/C19H22FNO4S/c1-14(2)25-17-7-9-18(10-8-17)26(22,23)21-11-12-24-19(13-21)15-3-5-16(20)6-4-15/h3-10,14,19H,11-13H2,1-2H3. The molecule has 1 heterocycles. The summed E-state index contributed by atoms with van der Waals surface area (Å²) in [6, 6.07) is 12.3. The number of rotatable bonds is 5. The van der Waals surface area contributed by atoms with Crippen molar-refractivity contribution < 1.29 is 22.3 Å². The van der Waals surface area contributed by atoms with Gasteiger partial charge in [-0.05, 0) is 55.8 Å². The molecule has 1 unspecified atom stereocenters. The maximum atomic E-state index is 13.1. The van der Waals surface area contributed by atoms with Gasteiger partial charge in [0.15, 0.2) is 0 Å². The molecule has 0 radical (unpaired) electrons. The van der Waals surface area contributed by atoms with Crippen molar-refractivity contribution in [3.8, 4) is 5.75 Å². The highest BCUT2D eigenvalue weighted by atomic mass is 32.2. The lowest BCUT2D eigenvalue weighted by atomic mass is 10.1. The Bertz CT molecular complexity index is 835. The van der Waals surface area contributed by atoms with Gasteiger partial charge in [0, 0.05) is 13.1 Å². The summed E-state index contributed by atoms with van der Waals surface area (Å²) in [7, 11) is -3.63. The minimum absolute atomic E-state index is 0.0215. The van der Waals surface area contributed by atoms with Crippen molar-refractivity contribution in [2.45, 2.75) is 31.0 Å². The first-order valence-electron chi connectivity index (χ1n) is 8.50. The molecular weight excluding hydrogens is 357 g/mol. The third kappa shape index (κ3) is 4.23. The van der Waals surface area contributed by atoms with E-state index in [0.717, 1.165) is 5.56 Å². The minimum atomic E-state index is -3.63. The lowest BCUT2D eigenvalue weighted by Crippen LogP contribution is -2.42. The highest BCUT2D eigenvalue weighted by Gasteiger charge is 2.31. The van der Waals surface area contributed by atoms with Gasteiger partial charge in [0.25, 0.3) is 0 Å². The van der Waals surface area contributed by atoms with Crippen LogP contribution < -0.4 is 4.74 Å². The molecule has 2 aromatic carbocycles. The second kappa shape index (κ2) is 7.73. The fraction of sp³-hybridized carbons (Fsp3) is 0.368. The Balaban J connectivity index is 1.77. The van der Waals surface area contributed by atoms with Crippen molar-refractivity contribution in [2.24, 2.45) is 0 Å². The van der Waals surface area contributed by atoms with Crippen LogP contribution in [0.25, 0.3) is 0 Å². The molecule has 0 N–H and O–H groups in total. The van der Waals surface area contributed by atoms with E-state index in [1.807, 2.05) is 13.8 Å². The Morgan fingerprint density at radius 2 is 1.77 bits per heavy atom. The molecule has 0 bridgehead atoms. The van der Waals surface area contributed by atoms with Crippen LogP contribution in [0.3, 0.4) is 0 Å². The van der Waals surface area contributed by atoms with Crippen LogP contribution in [0.2, 0.25) is 0 Å². The largest absolute Gasteiger partial charge is 0.491 e. The van der Waals surface area contributed by atoms with Crippen LogP contribution >= 0.6 is 0 Å². The molecule has 0 aromatic heterocycles. The first-order chi connectivity index (χ1) is 12.4. The second-order valence-electron chi connectivity index (χ2n) is 6.41. The molecule has 1 fully saturated rings. The molecule has 0 aliphatic carbocycles. The molecule has 0 saturated carbocycles. The number of benzene rings is 2. The smallest absolute Gasteiger partial charge is 0.243 e. The molecule has 26 heavy (non-hydrogen) atoms. The Morgan fingerprint density at radius 3 is 2.38 bits per heavy atom. The van der Waals surface area contributed by atoms with Gasteiger partial charge in [0.1, 0.15) is 11.6 Å². The molecule has 0 spiro atoms. The summed E-state index contributed by atoms with van der Waals surface area (Å²) in [6.07, 6.45) is -0.393. The van der Waals surface area contributed by atoms with Crippen LogP contribution in [0.5, 0.6) is 5.75 Å². The molecular formula is C19H22FNO4S. The lowest BCUT2D eigenvalue weighted by Gasteiger charge is -2.32. The number of hydrogen-bond donors (Lipinski definition) is 0. The van der Waals surface area contributed by atoms with Crippen molar-refractivity contribution in [2.75, 3.05) is 19.7 Å². The van der Waals surface area contributed by atoms with E-state index < -0.39 is 16.1 Å². The first kappa shape index (κ1) is 18.8. The Labute approximate surface area is 153 Å². The normalized spacial score (nSPS) is 18.8. The lowest BCUT2D eigenvalue weighted by molar-refractivity contribution is -0.00258. The van der Waals surface area contributed by atoms with E-state index in [-0.39, 0.29) is 36.5 Å². The minimum Gasteiger partial charge on any atom is -0.491 e. The van der Waals surface area contributed by atoms with Crippen LogP contribution in [0, 0.1) is 5.82 Å². The maximum absolute atomic E-state index is 13.1. The van der Waals surface area contributed by atoms with Gasteiger partial charge in [0.2, 0.25) is 10.0 Å². The Kier molecular flexibility index (Phi) is 5.60. The molecule has 140 valence electrons. The number of hydrogen-bond acceptors (Lipinski definition) is 4. The molecule has 1 saturated heterocycles. The first-order valence-corrected chi connectivity index (χ1v) is 9.94. The van der Waals surface area contributed by atoms with Gasteiger partial charge in [0.05, 0.1) is 23.7 Å². The summed E-state index contributed by atoms with van der Waals surface area (Å²) < 4.78 is 51.6. The highest BCUT2D eigenvalue weighted by Crippen LogP contribution is 2.27. The topological polar surface area (TPSA) is 55.8 Å². The van der Waals surface area contributed by atoms with E-state index >= 15 is 0 Å². The highest BCUT2D eigenvalue weighted by molar-refractivity contribution is 7.89. The molecule has 1 aliphatic rings. The van der Waals surface area contributed by atoms with Crippen molar-refractivity contribution in [3.63, 3.8) is 0 Å². The number of nitrogens with zero attached hydrogens (tertiary/aromatic N) is 1. The fourth-order valence-electron chi connectivity index (χ4n) is 2.83. The van der Waals surface area contributed by atoms with Gasteiger partial charge in [-0.15, -0.1) is 0 Å². The van der Waals surface area contributed by atoms with E-state index in [2.05, 4.69) is 0 Å². The van der Waals surface area contributed by atoms with Gasteiger partial charge in [-0.3, -0.25) is 0 Å². The van der Waals surface area contributed by atoms with Crippen LogP contribution in [0.1, 0.15) is 25.5 Å². The van der Waals surface area contributed by atoms with E-state index in [1.54, 1.807) is 36.4 Å². The van der Waals surface area contributed by atoms with Crippen LogP contribution in [-0.4, -0.2) is 38.5 Å². The molecule has 5 nitrogen and oxygen atoms in total. The van der Waals surface area contributed by atoms with Gasteiger partial charge >= 0.3 is 0 Å².